The molecule has 1 unspecified atom stereocenters. The van der Waals surface area contributed by atoms with Crippen molar-refractivity contribution in [3.63, 3.8) is 0 Å². The SMILES string of the molecule is CCC(C(=O)Nc1ccc2c3c(cccc13)CC2)N(c1cccc(Cl)c1)S(C)(=O)=O. The number of nitrogens with one attached hydrogen (secondary N) is 1. The highest BCUT2D eigenvalue weighted by Gasteiger charge is 2.32. The molecule has 5 nitrogen and oxygen atoms in total. The molecule has 4 rings (SSSR count). The van der Waals surface area contributed by atoms with E-state index in [1.807, 2.05) is 24.3 Å². The lowest BCUT2D eigenvalue weighted by Crippen LogP contribution is -2.47. The molecule has 1 atom stereocenters. The number of sulfonamides is 1. The molecule has 0 saturated heterocycles. The van der Waals surface area contributed by atoms with Crippen LogP contribution in [0.3, 0.4) is 0 Å². The maximum atomic E-state index is 13.3. The molecule has 0 spiro atoms. The van der Waals surface area contributed by atoms with Crippen LogP contribution in [0.15, 0.2) is 54.6 Å². The molecule has 0 saturated carbocycles. The standard InChI is InChI=1S/C23H23ClN2O3S/c1-3-21(26(30(2,28)29)18-8-5-7-17(24)14-18)23(27)25-20-13-12-16-11-10-15-6-4-9-19(20)22(15)16/h4-9,12-14,21H,3,10-11H2,1-2H3,(H,25,27). The van der Waals surface area contributed by atoms with E-state index in [-0.39, 0.29) is 5.91 Å². The van der Waals surface area contributed by atoms with Crippen LogP contribution in [0.5, 0.6) is 0 Å². The molecule has 1 aliphatic rings. The topological polar surface area (TPSA) is 66.5 Å². The first-order valence-electron chi connectivity index (χ1n) is 9.89. The number of anilines is 2. The fourth-order valence-corrected chi connectivity index (χ4v) is 5.63. The van der Waals surface area contributed by atoms with Crippen molar-refractivity contribution in [2.75, 3.05) is 15.9 Å². The summed E-state index contributed by atoms with van der Waals surface area (Å²) in [5.74, 6) is -0.374. The maximum Gasteiger partial charge on any atom is 0.248 e. The zero-order valence-electron chi connectivity index (χ0n) is 16.9. The van der Waals surface area contributed by atoms with Crippen molar-refractivity contribution in [1.29, 1.82) is 0 Å². The number of hydrogen-bond acceptors (Lipinski definition) is 3. The lowest BCUT2D eigenvalue weighted by atomic mass is 10.0. The molecule has 0 bridgehead atoms. The summed E-state index contributed by atoms with van der Waals surface area (Å²) in [6, 6.07) is 15.7. The van der Waals surface area contributed by atoms with E-state index in [9.17, 15) is 13.2 Å². The van der Waals surface area contributed by atoms with Gasteiger partial charge >= 0.3 is 0 Å². The van der Waals surface area contributed by atoms with Gasteiger partial charge in [0.15, 0.2) is 0 Å². The molecule has 7 heteroatoms. The zero-order chi connectivity index (χ0) is 21.5. The Morgan fingerprint density at radius 1 is 1.10 bits per heavy atom. The van der Waals surface area contributed by atoms with Crippen LogP contribution in [0.2, 0.25) is 5.02 Å². The number of halogens is 1. The van der Waals surface area contributed by atoms with E-state index in [0.29, 0.717) is 22.8 Å². The van der Waals surface area contributed by atoms with Crippen molar-refractivity contribution in [3.05, 3.63) is 70.7 Å². The van der Waals surface area contributed by atoms with E-state index in [2.05, 4.69) is 11.4 Å². The van der Waals surface area contributed by atoms with Gasteiger partial charge in [-0.05, 0) is 60.0 Å². The van der Waals surface area contributed by atoms with Gasteiger partial charge in [-0.1, -0.05) is 48.9 Å². The van der Waals surface area contributed by atoms with Crippen molar-refractivity contribution in [2.45, 2.75) is 32.2 Å². The van der Waals surface area contributed by atoms with E-state index in [1.54, 1.807) is 31.2 Å². The maximum absolute atomic E-state index is 13.3. The summed E-state index contributed by atoms with van der Waals surface area (Å²) in [6.07, 6.45) is 3.41. The van der Waals surface area contributed by atoms with Crippen LogP contribution >= 0.6 is 11.6 Å². The van der Waals surface area contributed by atoms with Gasteiger partial charge in [-0.25, -0.2) is 8.42 Å². The summed E-state index contributed by atoms with van der Waals surface area (Å²) in [5.41, 5.74) is 3.62. The number of nitrogens with zero attached hydrogens (tertiary/aromatic N) is 1. The predicted octanol–water partition coefficient (Wildman–Crippen LogP) is 4.78. The van der Waals surface area contributed by atoms with Crippen LogP contribution in [0.25, 0.3) is 10.8 Å². The fraction of sp³-hybridized carbons (Fsp3) is 0.261. The molecule has 1 aliphatic carbocycles. The molecule has 30 heavy (non-hydrogen) atoms. The normalized spacial score (nSPS) is 14.0. The Hall–Kier alpha value is -2.57. The Balaban J connectivity index is 1.72. The second-order valence-electron chi connectivity index (χ2n) is 7.56. The number of hydrogen-bond donors (Lipinski definition) is 1. The summed E-state index contributed by atoms with van der Waals surface area (Å²) in [5, 5.41) is 5.56. The van der Waals surface area contributed by atoms with Gasteiger partial charge < -0.3 is 5.32 Å². The third-order valence-electron chi connectivity index (χ3n) is 5.53. The van der Waals surface area contributed by atoms with Gasteiger partial charge in [0.25, 0.3) is 0 Å². The quantitative estimate of drug-likeness (QED) is 0.597. The van der Waals surface area contributed by atoms with Gasteiger partial charge in [0.1, 0.15) is 6.04 Å². The Labute approximate surface area is 181 Å². The number of benzene rings is 3. The first-order valence-corrected chi connectivity index (χ1v) is 12.1. The summed E-state index contributed by atoms with van der Waals surface area (Å²) < 4.78 is 26.4. The third-order valence-corrected chi connectivity index (χ3v) is 6.94. The van der Waals surface area contributed by atoms with E-state index < -0.39 is 16.1 Å². The van der Waals surface area contributed by atoms with Crippen molar-refractivity contribution in [3.8, 4) is 0 Å². The fourth-order valence-electron chi connectivity index (χ4n) is 4.25. The number of rotatable bonds is 6. The minimum absolute atomic E-state index is 0.312. The summed E-state index contributed by atoms with van der Waals surface area (Å²) in [6.45, 7) is 1.79. The van der Waals surface area contributed by atoms with Gasteiger partial charge in [0.05, 0.1) is 11.9 Å². The van der Waals surface area contributed by atoms with Crippen LogP contribution in [-0.4, -0.2) is 26.6 Å². The molecule has 0 aliphatic heterocycles. The second kappa shape index (κ2) is 7.93. The highest BCUT2D eigenvalue weighted by atomic mass is 35.5. The molecule has 0 fully saturated rings. The predicted molar refractivity (Wildman–Crippen MR) is 123 cm³/mol. The summed E-state index contributed by atoms with van der Waals surface area (Å²) >= 11 is 6.08. The Kier molecular flexibility index (Phi) is 5.47. The molecule has 1 N–H and O–H groups in total. The number of carbonyl (C=O) groups excluding carboxylic acids is 1. The minimum atomic E-state index is -3.72. The first-order chi connectivity index (χ1) is 14.3. The van der Waals surface area contributed by atoms with Crippen LogP contribution in [-0.2, 0) is 27.7 Å². The van der Waals surface area contributed by atoms with Crippen molar-refractivity contribution in [1.82, 2.24) is 0 Å². The third kappa shape index (κ3) is 3.77. The highest BCUT2D eigenvalue weighted by molar-refractivity contribution is 7.92. The molecule has 0 heterocycles. The van der Waals surface area contributed by atoms with Crippen LogP contribution in [0.1, 0.15) is 24.5 Å². The van der Waals surface area contributed by atoms with Crippen LogP contribution in [0, 0.1) is 0 Å². The smallest absolute Gasteiger partial charge is 0.248 e. The van der Waals surface area contributed by atoms with E-state index in [4.69, 9.17) is 11.6 Å². The first kappa shape index (κ1) is 20.7. The van der Waals surface area contributed by atoms with Crippen LogP contribution in [0.4, 0.5) is 11.4 Å². The molecule has 3 aromatic carbocycles. The van der Waals surface area contributed by atoms with Crippen molar-refractivity contribution in [2.24, 2.45) is 0 Å². The molecule has 1 amide bonds. The molecular formula is C23H23ClN2O3S. The van der Waals surface area contributed by atoms with Gasteiger partial charge in [-0.2, -0.15) is 0 Å². The average molecular weight is 443 g/mol. The van der Waals surface area contributed by atoms with Crippen molar-refractivity contribution < 1.29 is 13.2 Å². The molecule has 3 aromatic rings. The van der Waals surface area contributed by atoms with Gasteiger partial charge in [0.2, 0.25) is 15.9 Å². The van der Waals surface area contributed by atoms with E-state index in [1.165, 1.54) is 16.5 Å². The van der Waals surface area contributed by atoms with Gasteiger partial charge in [-0.15, -0.1) is 0 Å². The number of aryl methyl sites for hydroxylation is 2. The summed E-state index contributed by atoms with van der Waals surface area (Å²) in [7, 11) is -3.72. The number of carbonyl (C=O) groups is 1. The van der Waals surface area contributed by atoms with Crippen molar-refractivity contribution >= 4 is 49.7 Å². The van der Waals surface area contributed by atoms with Crippen LogP contribution < -0.4 is 9.62 Å². The monoisotopic (exact) mass is 442 g/mol. The average Bonchev–Trinajstić information content (AvgIpc) is 3.11. The molecule has 0 radical (unpaired) electrons. The minimum Gasteiger partial charge on any atom is -0.324 e. The Morgan fingerprint density at radius 2 is 1.80 bits per heavy atom. The van der Waals surface area contributed by atoms with Gasteiger partial charge in [-0.3, -0.25) is 9.10 Å². The number of amides is 1. The largest absolute Gasteiger partial charge is 0.324 e. The molecular weight excluding hydrogens is 420 g/mol. The lowest BCUT2D eigenvalue weighted by Gasteiger charge is -2.30. The molecule has 0 aromatic heterocycles. The Morgan fingerprint density at radius 3 is 2.47 bits per heavy atom. The lowest BCUT2D eigenvalue weighted by molar-refractivity contribution is -0.117. The second-order valence-corrected chi connectivity index (χ2v) is 9.86. The van der Waals surface area contributed by atoms with Gasteiger partial charge in [0, 0.05) is 16.1 Å². The van der Waals surface area contributed by atoms with E-state index >= 15 is 0 Å². The Bertz CT molecular complexity index is 1230. The summed E-state index contributed by atoms with van der Waals surface area (Å²) in [4.78, 5) is 13.3. The zero-order valence-corrected chi connectivity index (χ0v) is 18.4. The van der Waals surface area contributed by atoms with E-state index in [0.717, 1.165) is 28.8 Å². The molecule has 156 valence electrons. The highest BCUT2D eigenvalue weighted by Crippen LogP contribution is 2.35.